The van der Waals surface area contributed by atoms with Gasteiger partial charge in [-0.3, -0.25) is 14.5 Å². The second kappa shape index (κ2) is 10.3. The molecule has 2 rings (SSSR count). The Bertz CT molecular complexity index is 771. The molecule has 0 bridgehead atoms. The first-order valence-electron chi connectivity index (χ1n) is 9.08. The van der Waals surface area contributed by atoms with Crippen LogP contribution in [0.1, 0.15) is 19.4 Å². The highest BCUT2D eigenvalue weighted by molar-refractivity contribution is 7.95. The number of benzene rings is 2. The third-order valence-corrected chi connectivity index (χ3v) is 5.36. The van der Waals surface area contributed by atoms with Gasteiger partial charge in [0.05, 0.1) is 26.3 Å². The lowest BCUT2D eigenvalue weighted by Gasteiger charge is -2.21. The van der Waals surface area contributed by atoms with Crippen LogP contribution in [0.3, 0.4) is 0 Å². The highest BCUT2D eigenvalue weighted by atomic mass is 32.2. The van der Waals surface area contributed by atoms with E-state index in [1.54, 1.807) is 18.7 Å². The Balaban J connectivity index is 2.31. The molecule has 27 heavy (non-hydrogen) atoms. The van der Waals surface area contributed by atoms with Crippen LogP contribution in [0.15, 0.2) is 41.3 Å². The Labute approximate surface area is 164 Å². The molecule has 0 unspecified atom stereocenters. The molecular weight excluding hydrogens is 362 g/mol. The van der Waals surface area contributed by atoms with Gasteiger partial charge < -0.3 is 9.47 Å². The summed E-state index contributed by atoms with van der Waals surface area (Å²) in [4.78, 5) is 27.0. The van der Waals surface area contributed by atoms with Crippen molar-refractivity contribution in [2.24, 2.45) is 0 Å². The van der Waals surface area contributed by atoms with Gasteiger partial charge in [0.2, 0.25) is 0 Å². The van der Waals surface area contributed by atoms with Crippen molar-refractivity contribution in [2.75, 3.05) is 38.8 Å². The Morgan fingerprint density at radius 3 is 1.96 bits per heavy atom. The van der Waals surface area contributed by atoms with Crippen molar-refractivity contribution in [1.29, 1.82) is 0 Å². The third-order valence-electron chi connectivity index (χ3n) is 4.12. The summed E-state index contributed by atoms with van der Waals surface area (Å²) in [7, 11) is 0.140. The summed E-state index contributed by atoms with van der Waals surface area (Å²) in [5, 5.41) is 2.37. The molecule has 0 saturated carbocycles. The maximum Gasteiger partial charge on any atom is 0.320 e. The van der Waals surface area contributed by atoms with E-state index in [0.29, 0.717) is 19.8 Å². The standard InChI is InChI=1S/C21H28NO4S/c1-5-25-20(23)14-22(15-21(24)26-6-2)13-16-11-12-19(27(3)4)18-10-8-7-9-17(16)18/h7-12H,5-6,13-15H2,1-4H3/q+1. The molecule has 0 aromatic heterocycles. The number of carbonyl (C=O) groups excluding carboxylic acids is 2. The van der Waals surface area contributed by atoms with E-state index in [0.717, 1.165) is 10.9 Å². The van der Waals surface area contributed by atoms with Gasteiger partial charge >= 0.3 is 11.9 Å². The SMILES string of the molecule is CCOC(=O)CN(CC(=O)OCC)Cc1ccc([S+](C)C)c2ccccc12. The molecule has 2 aromatic carbocycles. The van der Waals surface area contributed by atoms with Crippen molar-refractivity contribution in [1.82, 2.24) is 4.90 Å². The zero-order valence-electron chi connectivity index (χ0n) is 16.5. The molecule has 0 aliphatic carbocycles. The lowest BCUT2D eigenvalue weighted by Crippen LogP contribution is -2.35. The summed E-state index contributed by atoms with van der Waals surface area (Å²) in [5.41, 5.74) is 1.08. The van der Waals surface area contributed by atoms with E-state index in [-0.39, 0.29) is 35.9 Å². The zero-order valence-corrected chi connectivity index (χ0v) is 17.3. The summed E-state index contributed by atoms with van der Waals surface area (Å²) in [6, 6.07) is 12.5. The highest BCUT2D eigenvalue weighted by Gasteiger charge is 2.20. The lowest BCUT2D eigenvalue weighted by molar-refractivity contribution is -0.148. The van der Waals surface area contributed by atoms with E-state index in [1.807, 2.05) is 12.1 Å². The second-order valence-corrected chi connectivity index (χ2v) is 8.41. The Kier molecular flexibility index (Phi) is 8.13. The molecule has 0 amide bonds. The van der Waals surface area contributed by atoms with E-state index in [1.165, 1.54) is 10.3 Å². The van der Waals surface area contributed by atoms with Gasteiger partial charge in [0.15, 0.2) is 4.90 Å². The fraction of sp³-hybridized carbons (Fsp3) is 0.429. The van der Waals surface area contributed by atoms with Crippen LogP contribution in [-0.4, -0.2) is 55.7 Å². The first kappa shape index (κ1) is 21.3. The Morgan fingerprint density at radius 2 is 1.44 bits per heavy atom. The predicted molar refractivity (Wildman–Crippen MR) is 110 cm³/mol. The van der Waals surface area contributed by atoms with E-state index >= 15 is 0 Å². The lowest BCUT2D eigenvalue weighted by atomic mass is 10.0. The summed E-state index contributed by atoms with van der Waals surface area (Å²) < 4.78 is 10.1. The zero-order chi connectivity index (χ0) is 19.8. The summed E-state index contributed by atoms with van der Waals surface area (Å²) in [6.45, 7) is 4.75. The maximum absolute atomic E-state index is 12.0. The molecule has 5 nitrogen and oxygen atoms in total. The van der Waals surface area contributed by atoms with E-state index in [9.17, 15) is 9.59 Å². The molecular formula is C21H28NO4S+. The number of carbonyl (C=O) groups is 2. The van der Waals surface area contributed by atoms with Gasteiger partial charge in [-0.2, -0.15) is 0 Å². The van der Waals surface area contributed by atoms with Crippen molar-refractivity contribution in [3.8, 4) is 0 Å². The van der Waals surface area contributed by atoms with Crippen LogP contribution < -0.4 is 0 Å². The highest BCUT2D eigenvalue weighted by Crippen LogP contribution is 2.27. The summed E-state index contributed by atoms with van der Waals surface area (Å²) >= 11 is 0. The summed E-state index contributed by atoms with van der Waals surface area (Å²) in [6.07, 6.45) is 4.41. The molecule has 0 aliphatic heterocycles. The van der Waals surface area contributed by atoms with Gasteiger partial charge in [0, 0.05) is 22.8 Å². The fourth-order valence-corrected chi connectivity index (χ4v) is 3.97. The second-order valence-electron chi connectivity index (χ2n) is 6.34. The number of ether oxygens (including phenoxy) is 2. The number of nitrogens with zero attached hydrogens (tertiary/aromatic N) is 1. The molecule has 146 valence electrons. The quantitative estimate of drug-likeness (QED) is 0.487. The van der Waals surface area contributed by atoms with Crippen LogP contribution in [0.25, 0.3) is 10.8 Å². The van der Waals surface area contributed by atoms with Crippen molar-refractivity contribution >= 4 is 33.6 Å². The number of hydrogen-bond donors (Lipinski definition) is 0. The smallest absolute Gasteiger partial charge is 0.320 e. The van der Waals surface area contributed by atoms with Crippen molar-refractivity contribution in [2.45, 2.75) is 25.3 Å². The van der Waals surface area contributed by atoms with Gasteiger partial charge in [-0.05, 0) is 36.9 Å². The molecule has 0 saturated heterocycles. The van der Waals surface area contributed by atoms with Crippen LogP contribution in [0.2, 0.25) is 0 Å². The van der Waals surface area contributed by atoms with E-state index in [2.05, 4.69) is 36.8 Å². The van der Waals surface area contributed by atoms with Gasteiger partial charge in [-0.25, -0.2) is 0 Å². The van der Waals surface area contributed by atoms with E-state index in [4.69, 9.17) is 9.47 Å². The molecule has 0 spiro atoms. The first-order chi connectivity index (χ1) is 13.0. The van der Waals surface area contributed by atoms with Crippen molar-refractivity contribution in [3.63, 3.8) is 0 Å². The largest absolute Gasteiger partial charge is 0.465 e. The van der Waals surface area contributed by atoms with Crippen LogP contribution in [0.4, 0.5) is 0 Å². The number of rotatable bonds is 9. The van der Waals surface area contributed by atoms with Gasteiger partial charge in [-0.1, -0.05) is 24.3 Å². The van der Waals surface area contributed by atoms with Crippen LogP contribution in [-0.2, 0) is 36.5 Å². The molecule has 6 heteroatoms. The minimum absolute atomic E-state index is 0.0503. The third kappa shape index (κ3) is 5.97. The molecule has 2 aromatic rings. The Hall–Kier alpha value is -2.05. The number of esters is 2. The molecule has 0 N–H and O–H groups in total. The minimum atomic E-state index is -0.341. The van der Waals surface area contributed by atoms with Crippen LogP contribution in [0.5, 0.6) is 0 Å². The molecule has 0 fully saturated rings. The van der Waals surface area contributed by atoms with Crippen molar-refractivity contribution in [3.05, 3.63) is 42.0 Å². The maximum atomic E-state index is 12.0. The van der Waals surface area contributed by atoms with Gasteiger partial charge in [-0.15, -0.1) is 0 Å². The first-order valence-corrected chi connectivity index (χ1v) is 11.1. The van der Waals surface area contributed by atoms with E-state index < -0.39 is 0 Å². The van der Waals surface area contributed by atoms with Crippen LogP contribution >= 0.6 is 0 Å². The predicted octanol–water partition coefficient (Wildman–Crippen LogP) is 3.00. The average Bonchev–Trinajstić information content (AvgIpc) is 2.62. The van der Waals surface area contributed by atoms with Crippen molar-refractivity contribution < 1.29 is 19.1 Å². The number of hydrogen-bond acceptors (Lipinski definition) is 5. The number of fused-ring (bicyclic) bond motifs is 1. The normalized spacial score (nSPS) is 11.2. The topological polar surface area (TPSA) is 55.8 Å². The molecule has 0 heterocycles. The Morgan fingerprint density at radius 1 is 0.889 bits per heavy atom. The fourth-order valence-electron chi connectivity index (χ4n) is 3.01. The summed E-state index contributed by atoms with van der Waals surface area (Å²) in [5.74, 6) is -0.683. The minimum Gasteiger partial charge on any atom is -0.465 e. The average molecular weight is 391 g/mol. The van der Waals surface area contributed by atoms with Gasteiger partial charge in [0.25, 0.3) is 0 Å². The van der Waals surface area contributed by atoms with Crippen LogP contribution in [0, 0.1) is 0 Å². The monoisotopic (exact) mass is 390 g/mol. The van der Waals surface area contributed by atoms with Gasteiger partial charge in [0.1, 0.15) is 12.5 Å². The molecule has 0 radical (unpaired) electrons. The molecule has 0 atom stereocenters. The molecule has 0 aliphatic rings.